The van der Waals surface area contributed by atoms with Gasteiger partial charge in [0, 0.05) is 24.2 Å². The average Bonchev–Trinajstić information content (AvgIpc) is 2.84. The number of hydrogen-bond donors (Lipinski definition) is 1. The molecule has 0 aliphatic rings. The molecule has 0 unspecified atom stereocenters. The van der Waals surface area contributed by atoms with Crippen LogP contribution in [0.4, 0.5) is 5.82 Å². The van der Waals surface area contributed by atoms with Crippen molar-refractivity contribution in [3.63, 3.8) is 0 Å². The van der Waals surface area contributed by atoms with E-state index in [1.807, 2.05) is 13.1 Å². The highest BCUT2D eigenvalue weighted by Gasteiger charge is 2.10. The minimum absolute atomic E-state index is 0.421. The molecule has 0 spiro atoms. The maximum atomic E-state index is 6.00. The van der Waals surface area contributed by atoms with Crippen LogP contribution in [0, 0.1) is 0 Å². The lowest BCUT2D eigenvalue weighted by atomic mass is 10.1. The predicted octanol–water partition coefficient (Wildman–Crippen LogP) is 4.28. The molecule has 0 aliphatic heterocycles. The topological polar surface area (TPSA) is 28.2 Å². The number of nitrogens with zero attached hydrogens (tertiary/aromatic N) is 2. The van der Waals surface area contributed by atoms with E-state index >= 15 is 0 Å². The number of anilines is 1. The van der Waals surface area contributed by atoms with E-state index in [0.717, 1.165) is 28.9 Å². The molecule has 0 amide bonds. The summed E-state index contributed by atoms with van der Waals surface area (Å²) in [4.78, 5) is 8.21. The summed E-state index contributed by atoms with van der Waals surface area (Å²) in [6.45, 7) is 6.03. The van der Waals surface area contributed by atoms with Gasteiger partial charge in [-0.15, -0.1) is 11.3 Å². The Morgan fingerprint density at radius 3 is 2.67 bits per heavy atom. The van der Waals surface area contributed by atoms with Crippen LogP contribution in [0.1, 0.15) is 35.9 Å². The normalized spacial score (nSPS) is 11.1. The Morgan fingerprint density at radius 1 is 1.33 bits per heavy atom. The van der Waals surface area contributed by atoms with E-state index in [0.29, 0.717) is 5.92 Å². The summed E-state index contributed by atoms with van der Waals surface area (Å²) < 4.78 is 0.832. The van der Waals surface area contributed by atoms with Crippen molar-refractivity contribution >= 4 is 28.8 Å². The van der Waals surface area contributed by atoms with E-state index in [4.69, 9.17) is 16.6 Å². The van der Waals surface area contributed by atoms with E-state index < -0.39 is 0 Å². The highest BCUT2D eigenvalue weighted by atomic mass is 35.5. The van der Waals surface area contributed by atoms with Crippen molar-refractivity contribution in [2.75, 3.05) is 19.0 Å². The Balaban J connectivity index is 2.24. The van der Waals surface area contributed by atoms with E-state index in [1.54, 1.807) is 11.3 Å². The second-order valence-electron chi connectivity index (χ2n) is 5.51. The standard InChI is InChI=1S/C16H22ClN3S/c1-11(2)14-7-12(9-18-3)8-16(19-14)20(4)10-13-5-6-15(17)21-13/h5-8,11,18H,9-10H2,1-4H3. The van der Waals surface area contributed by atoms with Gasteiger partial charge in [-0.2, -0.15) is 0 Å². The lowest BCUT2D eigenvalue weighted by Gasteiger charge is -2.20. The second kappa shape index (κ2) is 7.25. The van der Waals surface area contributed by atoms with Crippen molar-refractivity contribution in [3.8, 4) is 0 Å². The van der Waals surface area contributed by atoms with Gasteiger partial charge in [0.05, 0.1) is 10.9 Å². The fraction of sp³-hybridized carbons (Fsp3) is 0.438. The largest absolute Gasteiger partial charge is 0.355 e. The van der Waals surface area contributed by atoms with Crippen LogP contribution < -0.4 is 10.2 Å². The molecule has 0 aliphatic carbocycles. The molecular weight excluding hydrogens is 302 g/mol. The molecule has 2 heterocycles. The number of aromatic nitrogens is 1. The monoisotopic (exact) mass is 323 g/mol. The molecule has 0 aromatic carbocycles. The van der Waals surface area contributed by atoms with Gasteiger partial charge >= 0.3 is 0 Å². The van der Waals surface area contributed by atoms with Crippen LogP contribution >= 0.6 is 22.9 Å². The Morgan fingerprint density at radius 2 is 2.10 bits per heavy atom. The van der Waals surface area contributed by atoms with Gasteiger partial charge in [-0.1, -0.05) is 25.4 Å². The zero-order valence-electron chi connectivity index (χ0n) is 13.0. The summed E-state index contributed by atoms with van der Waals surface area (Å²) in [5, 5.41) is 3.21. The molecule has 1 N–H and O–H groups in total. The first-order valence-electron chi connectivity index (χ1n) is 7.10. The van der Waals surface area contributed by atoms with Crippen molar-refractivity contribution in [2.24, 2.45) is 0 Å². The van der Waals surface area contributed by atoms with Crippen molar-refractivity contribution in [1.82, 2.24) is 10.3 Å². The third-order valence-electron chi connectivity index (χ3n) is 3.28. The number of halogens is 1. The number of hydrogen-bond acceptors (Lipinski definition) is 4. The quantitative estimate of drug-likeness (QED) is 0.860. The first-order valence-corrected chi connectivity index (χ1v) is 8.30. The molecule has 0 bridgehead atoms. The highest BCUT2D eigenvalue weighted by molar-refractivity contribution is 7.16. The molecule has 0 saturated carbocycles. The Labute approximate surface area is 136 Å². The summed E-state index contributed by atoms with van der Waals surface area (Å²) in [6.07, 6.45) is 0. The van der Waals surface area contributed by atoms with Crippen LogP contribution in [0.3, 0.4) is 0 Å². The SMILES string of the molecule is CNCc1cc(C(C)C)nc(N(C)Cc2ccc(Cl)s2)c1. The summed E-state index contributed by atoms with van der Waals surface area (Å²) in [7, 11) is 4.04. The number of nitrogens with one attached hydrogen (secondary N) is 1. The lowest BCUT2D eigenvalue weighted by molar-refractivity contribution is 0.778. The molecule has 0 radical (unpaired) electrons. The second-order valence-corrected chi connectivity index (χ2v) is 7.31. The van der Waals surface area contributed by atoms with E-state index in [1.165, 1.54) is 10.4 Å². The Hall–Kier alpha value is -1.10. The molecule has 5 heteroatoms. The van der Waals surface area contributed by atoms with Crippen LogP contribution in [0.5, 0.6) is 0 Å². The smallest absolute Gasteiger partial charge is 0.129 e. The van der Waals surface area contributed by atoms with Crippen molar-refractivity contribution < 1.29 is 0 Å². The first kappa shape index (κ1) is 16.3. The zero-order chi connectivity index (χ0) is 15.4. The van der Waals surface area contributed by atoms with Gasteiger partial charge < -0.3 is 10.2 Å². The molecule has 21 heavy (non-hydrogen) atoms. The van der Waals surface area contributed by atoms with Crippen LogP contribution in [0.25, 0.3) is 0 Å². The molecule has 2 rings (SSSR count). The third kappa shape index (κ3) is 4.43. The maximum absolute atomic E-state index is 6.00. The van der Waals surface area contributed by atoms with Crippen LogP contribution in [-0.4, -0.2) is 19.1 Å². The Kier molecular flexibility index (Phi) is 5.62. The molecule has 0 fully saturated rings. The van der Waals surface area contributed by atoms with Crippen LogP contribution in [-0.2, 0) is 13.1 Å². The van der Waals surface area contributed by atoms with Crippen molar-refractivity contribution in [2.45, 2.75) is 32.9 Å². The molecule has 114 valence electrons. The third-order valence-corrected chi connectivity index (χ3v) is 4.49. The predicted molar refractivity (Wildman–Crippen MR) is 92.5 cm³/mol. The van der Waals surface area contributed by atoms with E-state index in [-0.39, 0.29) is 0 Å². The average molecular weight is 324 g/mol. The molecule has 0 saturated heterocycles. The molecular formula is C16H22ClN3S. The van der Waals surface area contributed by atoms with Crippen LogP contribution in [0.15, 0.2) is 24.3 Å². The van der Waals surface area contributed by atoms with Crippen molar-refractivity contribution in [1.29, 1.82) is 0 Å². The summed E-state index contributed by atoms with van der Waals surface area (Å²) in [6, 6.07) is 8.35. The first-order chi connectivity index (χ1) is 9.99. The van der Waals surface area contributed by atoms with Crippen molar-refractivity contribution in [3.05, 3.63) is 44.7 Å². The molecule has 2 aromatic rings. The minimum Gasteiger partial charge on any atom is -0.355 e. The molecule has 2 aromatic heterocycles. The summed E-state index contributed by atoms with van der Waals surface area (Å²) >= 11 is 7.62. The van der Waals surface area contributed by atoms with Gasteiger partial charge in [-0.25, -0.2) is 4.98 Å². The van der Waals surface area contributed by atoms with Crippen LogP contribution in [0.2, 0.25) is 4.34 Å². The van der Waals surface area contributed by atoms with Gasteiger partial charge in [-0.05, 0) is 42.8 Å². The van der Waals surface area contributed by atoms with Gasteiger partial charge in [0.25, 0.3) is 0 Å². The van der Waals surface area contributed by atoms with Gasteiger partial charge in [0.1, 0.15) is 5.82 Å². The fourth-order valence-corrected chi connectivity index (χ4v) is 3.28. The van der Waals surface area contributed by atoms with Gasteiger partial charge in [-0.3, -0.25) is 0 Å². The number of pyridine rings is 1. The van der Waals surface area contributed by atoms with E-state index in [2.05, 4.69) is 49.3 Å². The number of rotatable bonds is 6. The maximum Gasteiger partial charge on any atom is 0.129 e. The molecule has 0 atom stereocenters. The van der Waals surface area contributed by atoms with Gasteiger partial charge in [0.2, 0.25) is 0 Å². The summed E-state index contributed by atoms with van der Waals surface area (Å²) in [5.74, 6) is 1.43. The number of thiophene rings is 1. The lowest BCUT2D eigenvalue weighted by Crippen LogP contribution is -2.18. The fourth-order valence-electron chi connectivity index (χ4n) is 2.14. The summed E-state index contributed by atoms with van der Waals surface area (Å²) in [5.41, 5.74) is 2.40. The Bertz CT molecular complexity index is 595. The minimum atomic E-state index is 0.421. The highest BCUT2D eigenvalue weighted by Crippen LogP contribution is 2.25. The zero-order valence-corrected chi connectivity index (χ0v) is 14.6. The van der Waals surface area contributed by atoms with Gasteiger partial charge in [0.15, 0.2) is 0 Å². The molecule has 3 nitrogen and oxygen atoms in total. The van der Waals surface area contributed by atoms with E-state index in [9.17, 15) is 0 Å².